The van der Waals surface area contributed by atoms with E-state index in [2.05, 4.69) is 12.1 Å². The van der Waals surface area contributed by atoms with Gasteiger partial charge in [-0.1, -0.05) is 38.1 Å². The maximum Gasteiger partial charge on any atom is 0.410 e. The van der Waals surface area contributed by atoms with Gasteiger partial charge in [-0.3, -0.25) is 9.69 Å². The summed E-state index contributed by atoms with van der Waals surface area (Å²) in [5.41, 5.74) is 2.51. The topological polar surface area (TPSA) is 70.1 Å². The lowest BCUT2D eigenvalue weighted by Crippen LogP contribution is -2.45. The highest BCUT2D eigenvalue weighted by Crippen LogP contribution is 2.26. The summed E-state index contributed by atoms with van der Waals surface area (Å²) in [6, 6.07) is 8.23. The van der Waals surface area contributed by atoms with Crippen LogP contribution in [-0.4, -0.2) is 65.3 Å². The molecule has 1 aliphatic carbocycles. The van der Waals surface area contributed by atoms with E-state index in [9.17, 15) is 14.7 Å². The summed E-state index contributed by atoms with van der Waals surface area (Å²) in [6.45, 7) is 4.55. The summed E-state index contributed by atoms with van der Waals surface area (Å²) >= 11 is 0. The molecule has 6 heteroatoms. The Bertz CT molecular complexity index is 621. The van der Waals surface area contributed by atoms with E-state index in [1.807, 2.05) is 26.0 Å². The van der Waals surface area contributed by atoms with Crippen molar-refractivity contribution in [2.75, 3.05) is 26.2 Å². The van der Waals surface area contributed by atoms with Crippen molar-refractivity contribution in [1.82, 2.24) is 9.80 Å². The number of hydrogen-bond acceptors (Lipinski definition) is 4. The molecule has 0 radical (unpaired) electrons. The number of aliphatic hydroxyl groups is 1. The minimum atomic E-state index is -0.762. The molecule has 1 aromatic carbocycles. The number of carbonyl (C=O) groups is 2. The van der Waals surface area contributed by atoms with Gasteiger partial charge >= 0.3 is 6.09 Å². The Labute approximate surface area is 148 Å². The van der Waals surface area contributed by atoms with Gasteiger partial charge in [0.15, 0.2) is 0 Å². The fourth-order valence-corrected chi connectivity index (χ4v) is 3.54. The number of rotatable bonds is 3. The maximum atomic E-state index is 12.7. The smallest absolute Gasteiger partial charge is 0.410 e. The van der Waals surface area contributed by atoms with Gasteiger partial charge < -0.3 is 14.7 Å². The summed E-state index contributed by atoms with van der Waals surface area (Å²) < 4.78 is 5.21. The highest BCUT2D eigenvalue weighted by molar-refractivity contribution is 5.83. The lowest BCUT2D eigenvalue weighted by Gasteiger charge is -2.28. The molecule has 0 bridgehead atoms. The molecule has 1 atom stereocenters. The molecule has 0 saturated carbocycles. The van der Waals surface area contributed by atoms with Crippen molar-refractivity contribution in [3.05, 3.63) is 35.4 Å². The lowest BCUT2D eigenvalue weighted by molar-refractivity contribution is -0.133. The Kier molecular flexibility index (Phi) is 5.27. The molecule has 1 unspecified atom stereocenters. The molecule has 3 rings (SSSR count). The standard InChI is InChI=1S/C19H26N2O4/c1-13(2)12-25-19(24)20-9-17(22)10-21(18(23)11-20)16-7-14-5-3-4-6-15(14)8-16/h3-6,13,16-17,22H,7-12H2,1-2H3. The second-order valence-corrected chi connectivity index (χ2v) is 7.38. The molecule has 1 aliphatic heterocycles. The van der Waals surface area contributed by atoms with Crippen LogP contribution in [0.2, 0.25) is 0 Å². The molecule has 1 aromatic rings. The molecular weight excluding hydrogens is 320 g/mol. The van der Waals surface area contributed by atoms with E-state index in [1.54, 1.807) is 4.90 Å². The van der Waals surface area contributed by atoms with Gasteiger partial charge in [-0.2, -0.15) is 0 Å². The highest BCUT2D eigenvalue weighted by atomic mass is 16.6. The second kappa shape index (κ2) is 7.44. The van der Waals surface area contributed by atoms with E-state index in [0.717, 1.165) is 12.8 Å². The van der Waals surface area contributed by atoms with Gasteiger partial charge in [0.1, 0.15) is 6.54 Å². The van der Waals surface area contributed by atoms with E-state index in [4.69, 9.17) is 4.74 Å². The summed E-state index contributed by atoms with van der Waals surface area (Å²) in [6.07, 6.45) is 0.304. The molecule has 1 saturated heterocycles. The van der Waals surface area contributed by atoms with Crippen LogP contribution in [-0.2, 0) is 22.4 Å². The fraction of sp³-hybridized carbons (Fsp3) is 0.579. The van der Waals surface area contributed by atoms with Crippen molar-refractivity contribution >= 4 is 12.0 Å². The number of aliphatic hydroxyl groups excluding tert-OH is 1. The van der Waals surface area contributed by atoms with Crippen LogP contribution in [0, 0.1) is 5.92 Å². The monoisotopic (exact) mass is 346 g/mol. The number of benzene rings is 1. The van der Waals surface area contributed by atoms with Crippen molar-refractivity contribution in [1.29, 1.82) is 0 Å². The van der Waals surface area contributed by atoms with Gasteiger partial charge in [-0.05, 0) is 29.9 Å². The van der Waals surface area contributed by atoms with Crippen LogP contribution in [0.25, 0.3) is 0 Å². The first-order valence-electron chi connectivity index (χ1n) is 8.90. The van der Waals surface area contributed by atoms with Crippen molar-refractivity contribution in [3.63, 3.8) is 0 Å². The van der Waals surface area contributed by atoms with Gasteiger partial charge in [0.2, 0.25) is 5.91 Å². The second-order valence-electron chi connectivity index (χ2n) is 7.38. The number of fused-ring (bicyclic) bond motifs is 1. The first-order valence-corrected chi connectivity index (χ1v) is 8.90. The molecule has 1 fully saturated rings. The van der Waals surface area contributed by atoms with Gasteiger partial charge in [0.05, 0.1) is 19.3 Å². The molecule has 136 valence electrons. The quantitative estimate of drug-likeness (QED) is 0.899. The Morgan fingerprint density at radius 2 is 1.88 bits per heavy atom. The molecule has 2 aliphatic rings. The molecule has 25 heavy (non-hydrogen) atoms. The van der Waals surface area contributed by atoms with E-state index >= 15 is 0 Å². The third kappa shape index (κ3) is 4.12. The average molecular weight is 346 g/mol. The fourth-order valence-electron chi connectivity index (χ4n) is 3.54. The summed E-state index contributed by atoms with van der Waals surface area (Å²) in [5.74, 6) is 0.0981. The number of β-amino-alcohol motifs (C(OH)–C–C–N with tert-alkyl or cyclic N) is 1. The normalized spacial score (nSPS) is 21.4. The number of amides is 2. The highest BCUT2D eigenvalue weighted by Gasteiger charge is 2.36. The molecular formula is C19H26N2O4. The minimum absolute atomic E-state index is 0.0408. The third-order valence-electron chi connectivity index (χ3n) is 4.75. The van der Waals surface area contributed by atoms with E-state index in [0.29, 0.717) is 6.61 Å². The third-order valence-corrected chi connectivity index (χ3v) is 4.75. The van der Waals surface area contributed by atoms with Crippen LogP contribution in [0.4, 0.5) is 4.79 Å². The average Bonchev–Trinajstić information content (AvgIpc) is 2.93. The largest absolute Gasteiger partial charge is 0.449 e. The van der Waals surface area contributed by atoms with Gasteiger partial charge in [-0.25, -0.2) is 4.79 Å². The summed E-state index contributed by atoms with van der Waals surface area (Å²) in [5, 5.41) is 10.3. The Morgan fingerprint density at radius 1 is 1.24 bits per heavy atom. The SMILES string of the molecule is CC(C)COC(=O)N1CC(=O)N(C2Cc3ccccc3C2)CC(O)C1. The number of hydrogen-bond donors (Lipinski definition) is 1. The Morgan fingerprint density at radius 3 is 2.48 bits per heavy atom. The van der Waals surface area contributed by atoms with E-state index in [-0.39, 0.29) is 37.5 Å². The van der Waals surface area contributed by atoms with Gasteiger partial charge in [0.25, 0.3) is 0 Å². The minimum Gasteiger partial charge on any atom is -0.449 e. The zero-order valence-corrected chi connectivity index (χ0v) is 14.9. The van der Waals surface area contributed by atoms with Gasteiger partial charge in [-0.15, -0.1) is 0 Å². The zero-order valence-electron chi connectivity index (χ0n) is 14.9. The molecule has 1 heterocycles. The number of carbonyl (C=O) groups excluding carboxylic acids is 2. The van der Waals surface area contributed by atoms with Crippen LogP contribution >= 0.6 is 0 Å². The predicted molar refractivity (Wildman–Crippen MR) is 93.1 cm³/mol. The van der Waals surface area contributed by atoms with Gasteiger partial charge in [0, 0.05) is 12.6 Å². The van der Waals surface area contributed by atoms with Crippen molar-refractivity contribution in [3.8, 4) is 0 Å². The zero-order chi connectivity index (χ0) is 18.0. The van der Waals surface area contributed by atoms with Crippen LogP contribution < -0.4 is 0 Å². The molecule has 6 nitrogen and oxygen atoms in total. The first-order chi connectivity index (χ1) is 11.9. The van der Waals surface area contributed by atoms with E-state index < -0.39 is 12.2 Å². The first kappa shape index (κ1) is 17.7. The van der Waals surface area contributed by atoms with Crippen LogP contribution in [0.15, 0.2) is 24.3 Å². The van der Waals surface area contributed by atoms with Crippen molar-refractivity contribution < 1.29 is 19.4 Å². The van der Waals surface area contributed by atoms with Crippen LogP contribution in [0.5, 0.6) is 0 Å². The predicted octanol–water partition coefficient (Wildman–Crippen LogP) is 1.45. The molecule has 0 spiro atoms. The molecule has 0 aromatic heterocycles. The van der Waals surface area contributed by atoms with Crippen LogP contribution in [0.3, 0.4) is 0 Å². The molecule has 1 N–H and O–H groups in total. The Hall–Kier alpha value is -2.08. The van der Waals surface area contributed by atoms with E-state index in [1.165, 1.54) is 16.0 Å². The molecule has 2 amide bonds. The lowest BCUT2D eigenvalue weighted by atomic mass is 10.1. The number of nitrogens with zero attached hydrogens (tertiary/aromatic N) is 2. The summed E-state index contributed by atoms with van der Waals surface area (Å²) in [4.78, 5) is 27.9. The summed E-state index contributed by atoms with van der Waals surface area (Å²) in [7, 11) is 0. The maximum absolute atomic E-state index is 12.7. The van der Waals surface area contributed by atoms with Crippen LogP contribution in [0.1, 0.15) is 25.0 Å². The van der Waals surface area contributed by atoms with Crippen molar-refractivity contribution in [2.45, 2.75) is 38.8 Å². The van der Waals surface area contributed by atoms with Crippen molar-refractivity contribution in [2.24, 2.45) is 5.92 Å². The number of ether oxygens (including phenoxy) is 1. The Balaban J connectivity index is 1.66.